The predicted molar refractivity (Wildman–Crippen MR) is 62.6 cm³/mol. The van der Waals surface area contributed by atoms with Crippen molar-refractivity contribution in [3.63, 3.8) is 0 Å². The van der Waals surface area contributed by atoms with E-state index in [-0.39, 0.29) is 0 Å². The molecule has 0 N–H and O–H groups in total. The minimum absolute atomic E-state index is 0.563. The molecule has 0 aliphatic rings. The van der Waals surface area contributed by atoms with Crippen LogP contribution in [0, 0.1) is 6.07 Å². The van der Waals surface area contributed by atoms with E-state index < -0.39 is 0 Å². The molecule has 0 aliphatic carbocycles. The highest BCUT2D eigenvalue weighted by Crippen LogP contribution is 2.19. The Bertz CT molecular complexity index is 437. The van der Waals surface area contributed by atoms with Crippen molar-refractivity contribution < 1.29 is 9.47 Å². The van der Waals surface area contributed by atoms with Crippen LogP contribution in [0.5, 0.6) is 11.5 Å². The Morgan fingerprint density at radius 2 is 1.94 bits per heavy atom. The summed E-state index contributed by atoms with van der Waals surface area (Å²) in [6.07, 6.45) is 0. The Hall–Kier alpha value is -1.96. The van der Waals surface area contributed by atoms with Crippen LogP contribution in [-0.4, -0.2) is 7.11 Å². The smallest absolute Gasteiger partial charge is 0.130 e. The fraction of sp³-hybridized carbons (Fsp3) is 0.143. The number of rotatable bonds is 4. The zero-order valence-corrected chi connectivity index (χ0v) is 9.14. The Morgan fingerprint density at radius 3 is 2.69 bits per heavy atom. The second kappa shape index (κ2) is 5.21. The second-order valence-corrected chi connectivity index (χ2v) is 3.37. The molecule has 0 aromatic heterocycles. The molecule has 0 bridgehead atoms. The molecule has 0 spiro atoms. The molecule has 0 amide bonds. The summed E-state index contributed by atoms with van der Waals surface area (Å²) in [5.41, 5.74) is 1.15. The highest BCUT2D eigenvalue weighted by molar-refractivity contribution is 5.32. The van der Waals surface area contributed by atoms with Gasteiger partial charge >= 0.3 is 0 Å². The summed E-state index contributed by atoms with van der Waals surface area (Å²) < 4.78 is 10.7. The van der Waals surface area contributed by atoms with E-state index in [0.29, 0.717) is 12.4 Å². The molecule has 2 rings (SSSR count). The number of hydrogen-bond donors (Lipinski definition) is 0. The lowest BCUT2D eigenvalue weighted by Gasteiger charge is -2.07. The van der Waals surface area contributed by atoms with Gasteiger partial charge in [-0.1, -0.05) is 30.3 Å². The first-order valence-corrected chi connectivity index (χ1v) is 5.11. The van der Waals surface area contributed by atoms with Crippen LogP contribution in [0.3, 0.4) is 0 Å². The van der Waals surface area contributed by atoms with Crippen molar-refractivity contribution in [3.8, 4) is 11.5 Å². The summed E-state index contributed by atoms with van der Waals surface area (Å²) in [6, 6.07) is 18.5. The van der Waals surface area contributed by atoms with E-state index in [1.54, 1.807) is 13.2 Å². The lowest BCUT2D eigenvalue weighted by atomic mass is 10.2. The molecule has 2 nitrogen and oxygen atoms in total. The van der Waals surface area contributed by atoms with Crippen LogP contribution in [0.15, 0.2) is 48.5 Å². The number of methoxy groups -OCH3 is 1. The van der Waals surface area contributed by atoms with E-state index >= 15 is 0 Å². The molecule has 81 valence electrons. The number of hydrogen-bond acceptors (Lipinski definition) is 2. The molecule has 0 unspecified atom stereocenters. The second-order valence-electron chi connectivity index (χ2n) is 3.37. The largest absolute Gasteiger partial charge is 0.496 e. The van der Waals surface area contributed by atoms with E-state index in [1.165, 1.54) is 0 Å². The lowest BCUT2D eigenvalue weighted by molar-refractivity contribution is 0.303. The van der Waals surface area contributed by atoms with Crippen molar-refractivity contribution >= 4 is 0 Å². The van der Waals surface area contributed by atoms with Gasteiger partial charge in [0.25, 0.3) is 0 Å². The van der Waals surface area contributed by atoms with Gasteiger partial charge in [-0.05, 0) is 17.7 Å². The standard InChI is InChI=1S/C14H13O2/c1-15-13-8-5-9-14(10-13)16-11-12-6-3-2-4-7-12/h2-7,9-10H,11H2,1H3. The average molecular weight is 213 g/mol. The molecular weight excluding hydrogens is 200 g/mol. The summed E-state index contributed by atoms with van der Waals surface area (Å²) in [5, 5.41) is 0. The topological polar surface area (TPSA) is 18.5 Å². The van der Waals surface area contributed by atoms with Crippen LogP contribution in [0.4, 0.5) is 0 Å². The Kier molecular flexibility index (Phi) is 3.44. The van der Waals surface area contributed by atoms with Gasteiger partial charge in [0, 0.05) is 12.1 Å². The maximum absolute atomic E-state index is 5.63. The zero-order chi connectivity index (χ0) is 11.2. The van der Waals surface area contributed by atoms with Crippen molar-refractivity contribution in [2.45, 2.75) is 6.61 Å². The van der Waals surface area contributed by atoms with Gasteiger partial charge in [-0.25, -0.2) is 0 Å². The molecule has 16 heavy (non-hydrogen) atoms. The van der Waals surface area contributed by atoms with E-state index in [2.05, 4.69) is 6.07 Å². The van der Waals surface area contributed by atoms with E-state index in [1.807, 2.05) is 42.5 Å². The van der Waals surface area contributed by atoms with Gasteiger partial charge in [0.15, 0.2) is 0 Å². The first-order chi connectivity index (χ1) is 7.88. The fourth-order valence-corrected chi connectivity index (χ4v) is 1.37. The normalized spacial score (nSPS) is 9.81. The molecule has 0 aliphatic heterocycles. The number of ether oxygens (including phenoxy) is 2. The highest BCUT2D eigenvalue weighted by atomic mass is 16.5. The highest BCUT2D eigenvalue weighted by Gasteiger charge is 1.97. The molecule has 0 atom stereocenters. The molecule has 1 radical (unpaired) electrons. The van der Waals surface area contributed by atoms with Crippen LogP contribution in [0.25, 0.3) is 0 Å². The van der Waals surface area contributed by atoms with Crippen molar-refractivity contribution in [2.24, 2.45) is 0 Å². The summed E-state index contributed by atoms with van der Waals surface area (Å²) in [4.78, 5) is 0. The minimum Gasteiger partial charge on any atom is -0.496 e. The average Bonchev–Trinajstić information content (AvgIpc) is 2.38. The van der Waals surface area contributed by atoms with E-state index in [0.717, 1.165) is 11.3 Å². The SMILES string of the molecule is COc1[c]ccc(OCc2ccccc2)c1. The molecule has 0 heterocycles. The molecule has 2 heteroatoms. The van der Waals surface area contributed by atoms with Gasteiger partial charge in [0.1, 0.15) is 18.1 Å². The van der Waals surface area contributed by atoms with Gasteiger partial charge in [0.05, 0.1) is 7.11 Å². The van der Waals surface area contributed by atoms with Crippen molar-refractivity contribution in [1.29, 1.82) is 0 Å². The molecule has 0 saturated carbocycles. The third-order valence-corrected chi connectivity index (χ3v) is 2.21. The van der Waals surface area contributed by atoms with Gasteiger partial charge in [-0.2, -0.15) is 0 Å². The van der Waals surface area contributed by atoms with Crippen LogP contribution in [0.1, 0.15) is 5.56 Å². The predicted octanol–water partition coefficient (Wildman–Crippen LogP) is 3.07. The van der Waals surface area contributed by atoms with Gasteiger partial charge in [-0.15, -0.1) is 0 Å². The van der Waals surface area contributed by atoms with E-state index in [9.17, 15) is 0 Å². The number of benzene rings is 2. The monoisotopic (exact) mass is 213 g/mol. The Balaban J connectivity index is 1.99. The summed E-state index contributed by atoms with van der Waals surface area (Å²) in [5.74, 6) is 1.48. The summed E-state index contributed by atoms with van der Waals surface area (Å²) in [7, 11) is 1.62. The van der Waals surface area contributed by atoms with Crippen molar-refractivity contribution in [1.82, 2.24) is 0 Å². The summed E-state index contributed by atoms with van der Waals surface area (Å²) >= 11 is 0. The third kappa shape index (κ3) is 2.76. The lowest BCUT2D eigenvalue weighted by Crippen LogP contribution is -1.95. The van der Waals surface area contributed by atoms with Crippen LogP contribution >= 0.6 is 0 Å². The van der Waals surface area contributed by atoms with Crippen LogP contribution in [0.2, 0.25) is 0 Å². The van der Waals surface area contributed by atoms with Crippen LogP contribution in [-0.2, 0) is 6.61 Å². The molecule has 2 aromatic carbocycles. The van der Waals surface area contributed by atoms with E-state index in [4.69, 9.17) is 9.47 Å². The third-order valence-electron chi connectivity index (χ3n) is 2.21. The zero-order valence-electron chi connectivity index (χ0n) is 9.14. The maximum Gasteiger partial charge on any atom is 0.130 e. The molecule has 0 fully saturated rings. The van der Waals surface area contributed by atoms with Gasteiger partial charge < -0.3 is 9.47 Å². The molecule has 0 saturated heterocycles. The fourth-order valence-electron chi connectivity index (χ4n) is 1.37. The first kappa shape index (κ1) is 10.6. The first-order valence-electron chi connectivity index (χ1n) is 5.11. The van der Waals surface area contributed by atoms with Gasteiger partial charge in [-0.3, -0.25) is 0 Å². The van der Waals surface area contributed by atoms with Crippen LogP contribution < -0.4 is 9.47 Å². The molecule has 2 aromatic rings. The quantitative estimate of drug-likeness (QED) is 0.777. The minimum atomic E-state index is 0.563. The molecular formula is C14H13O2. The Morgan fingerprint density at radius 1 is 1.12 bits per heavy atom. The van der Waals surface area contributed by atoms with Crippen molar-refractivity contribution in [2.75, 3.05) is 7.11 Å². The Labute approximate surface area is 95.4 Å². The van der Waals surface area contributed by atoms with Gasteiger partial charge in [0.2, 0.25) is 0 Å². The summed E-state index contributed by atoms with van der Waals surface area (Å²) in [6.45, 7) is 0.563. The van der Waals surface area contributed by atoms with Crippen molar-refractivity contribution in [3.05, 3.63) is 60.2 Å². The maximum atomic E-state index is 5.63.